The zero-order valence-corrected chi connectivity index (χ0v) is 19.1. The molecule has 1 saturated heterocycles. The Bertz CT molecular complexity index is 1190. The quantitative estimate of drug-likeness (QED) is 0.500. The first kappa shape index (κ1) is 21.9. The highest BCUT2D eigenvalue weighted by Crippen LogP contribution is 2.37. The van der Waals surface area contributed by atoms with Gasteiger partial charge >= 0.3 is 6.09 Å². The molecule has 34 heavy (non-hydrogen) atoms. The number of carbonyl (C=O) groups is 2. The normalized spacial score (nSPS) is 16.9. The number of ether oxygens (including phenoxy) is 1. The Labute approximate surface area is 197 Å². The molecule has 0 radical (unpaired) electrons. The lowest BCUT2D eigenvalue weighted by Crippen LogP contribution is -2.33. The fourth-order valence-corrected chi connectivity index (χ4v) is 4.58. The highest BCUT2D eigenvalue weighted by molar-refractivity contribution is 5.90. The molecule has 2 amide bonds. The number of rotatable bonds is 7. The molecule has 2 aliphatic rings. The molecule has 176 valence electrons. The van der Waals surface area contributed by atoms with E-state index in [1.807, 2.05) is 30.5 Å². The van der Waals surface area contributed by atoms with E-state index < -0.39 is 0 Å². The molecule has 3 N–H and O–H groups in total. The zero-order valence-electron chi connectivity index (χ0n) is 19.1. The lowest BCUT2D eigenvalue weighted by molar-refractivity contribution is -0.119. The van der Waals surface area contributed by atoms with E-state index in [1.165, 1.54) is 18.1 Å². The van der Waals surface area contributed by atoms with Crippen molar-refractivity contribution in [2.75, 3.05) is 29.9 Å². The second-order valence-electron chi connectivity index (χ2n) is 8.67. The molecule has 9 nitrogen and oxygen atoms in total. The molecule has 1 aliphatic carbocycles. The van der Waals surface area contributed by atoms with Gasteiger partial charge in [-0.2, -0.15) is 5.10 Å². The summed E-state index contributed by atoms with van der Waals surface area (Å²) >= 11 is 0. The van der Waals surface area contributed by atoms with Crippen molar-refractivity contribution < 1.29 is 14.3 Å². The van der Waals surface area contributed by atoms with E-state index in [9.17, 15) is 9.59 Å². The lowest BCUT2D eigenvalue weighted by atomic mass is 10.0. The molecule has 3 heterocycles. The van der Waals surface area contributed by atoms with Crippen LogP contribution in [0.4, 0.5) is 16.3 Å². The maximum Gasteiger partial charge on any atom is 0.414 e. The number of nitrogens with zero attached hydrogens (tertiary/aromatic N) is 3. The van der Waals surface area contributed by atoms with Crippen molar-refractivity contribution in [2.45, 2.75) is 38.7 Å². The summed E-state index contributed by atoms with van der Waals surface area (Å²) in [5, 5.41) is 14.0. The van der Waals surface area contributed by atoms with Gasteiger partial charge in [-0.25, -0.2) is 4.79 Å². The molecular weight excluding hydrogens is 432 g/mol. The number of pyridine rings is 1. The van der Waals surface area contributed by atoms with Crippen LogP contribution < -0.4 is 15.5 Å². The van der Waals surface area contributed by atoms with Crippen molar-refractivity contribution in [1.29, 1.82) is 0 Å². The van der Waals surface area contributed by atoms with Gasteiger partial charge in [-0.3, -0.25) is 19.8 Å². The number of carbonyl (C=O) groups excluding carboxylic acids is 2. The van der Waals surface area contributed by atoms with Crippen LogP contribution in [-0.4, -0.2) is 52.9 Å². The third kappa shape index (κ3) is 4.59. The summed E-state index contributed by atoms with van der Waals surface area (Å²) in [6, 6.07) is 12.0. The average Bonchev–Trinajstić information content (AvgIpc) is 3.36. The molecule has 1 fully saturated rings. The minimum atomic E-state index is -0.384. The number of hydrogen-bond acceptors (Lipinski definition) is 6. The molecule has 2 aromatic heterocycles. The Morgan fingerprint density at radius 1 is 1.26 bits per heavy atom. The van der Waals surface area contributed by atoms with Gasteiger partial charge in [-0.15, -0.1) is 0 Å². The maximum absolute atomic E-state index is 12.4. The summed E-state index contributed by atoms with van der Waals surface area (Å²) in [6.45, 7) is 2.94. The minimum Gasteiger partial charge on any atom is -0.442 e. The number of hydrogen-bond donors (Lipinski definition) is 3. The monoisotopic (exact) mass is 460 g/mol. The summed E-state index contributed by atoms with van der Waals surface area (Å²) in [7, 11) is 0. The second kappa shape index (κ2) is 9.54. The molecule has 0 spiro atoms. The van der Waals surface area contributed by atoms with Gasteiger partial charge in [0.25, 0.3) is 0 Å². The number of nitrogens with one attached hydrogen (secondary N) is 3. The number of fused-ring (bicyclic) bond motifs is 3. The van der Waals surface area contributed by atoms with E-state index in [4.69, 9.17) is 4.74 Å². The van der Waals surface area contributed by atoms with Crippen LogP contribution >= 0.6 is 0 Å². The van der Waals surface area contributed by atoms with Crippen LogP contribution in [0.3, 0.4) is 0 Å². The highest BCUT2D eigenvalue weighted by atomic mass is 16.6. The highest BCUT2D eigenvalue weighted by Gasteiger charge is 2.33. The third-order valence-corrected chi connectivity index (χ3v) is 6.26. The van der Waals surface area contributed by atoms with Crippen LogP contribution in [0.2, 0.25) is 0 Å². The second-order valence-corrected chi connectivity index (χ2v) is 8.67. The van der Waals surface area contributed by atoms with Gasteiger partial charge in [0.1, 0.15) is 6.10 Å². The van der Waals surface area contributed by atoms with E-state index in [0.29, 0.717) is 13.1 Å². The van der Waals surface area contributed by atoms with Crippen LogP contribution in [0.15, 0.2) is 42.6 Å². The van der Waals surface area contributed by atoms with Crippen LogP contribution in [0, 0.1) is 0 Å². The molecule has 9 heteroatoms. The number of aromatic nitrogens is 3. The van der Waals surface area contributed by atoms with Crippen molar-refractivity contribution in [3.63, 3.8) is 0 Å². The van der Waals surface area contributed by atoms with Gasteiger partial charge < -0.3 is 15.4 Å². The average molecular weight is 461 g/mol. The number of cyclic esters (lactones) is 1. The van der Waals surface area contributed by atoms with Crippen molar-refractivity contribution in [2.24, 2.45) is 0 Å². The molecule has 0 bridgehead atoms. The standard InChI is InChI=1S/C25H28N6O3/c1-16(32)28-14-20-15-31(25(33)34-20)19-8-9-21-17(13-19)5-4-7-22-23(21)29-30-24(22)27-12-10-18-6-2-3-11-26-18/h2-3,6,8-9,11,13,20H,4-5,7,10,12,14-15H2,1H3,(H,28,32)(H2,27,29,30)/t20-/m0/s1. The van der Waals surface area contributed by atoms with Gasteiger partial charge in [-0.1, -0.05) is 12.1 Å². The predicted octanol–water partition coefficient (Wildman–Crippen LogP) is 3.08. The van der Waals surface area contributed by atoms with Crippen molar-refractivity contribution in [3.05, 3.63) is 59.4 Å². The zero-order chi connectivity index (χ0) is 23.5. The maximum atomic E-state index is 12.4. The van der Waals surface area contributed by atoms with E-state index in [1.54, 1.807) is 4.90 Å². The first-order valence-corrected chi connectivity index (χ1v) is 11.7. The Morgan fingerprint density at radius 3 is 3.00 bits per heavy atom. The molecule has 1 aromatic carbocycles. The van der Waals surface area contributed by atoms with E-state index in [-0.39, 0.29) is 18.1 Å². The lowest BCUT2D eigenvalue weighted by Gasteiger charge is -2.16. The van der Waals surface area contributed by atoms with Gasteiger partial charge in [-0.05, 0) is 49.1 Å². The Kier molecular flexibility index (Phi) is 6.16. The summed E-state index contributed by atoms with van der Waals surface area (Å²) in [4.78, 5) is 29.6. The smallest absolute Gasteiger partial charge is 0.414 e. The molecule has 3 aromatic rings. The van der Waals surface area contributed by atoms with E-state index in [0.717, 1.165) is 60.7 Å². The first-order chi connectivity index (χ1) is 16.6. The first-order valence-electron chi connectivity index (χ1n) is 11.7. The largest absolute Gasteiger partial charge is 0.442 e. The number of aryl methyl sites for hydroxylation is 1. The SMILES string of the molecule is CC(=O)NC[C@H]1CN(c2ccc3c(c2)CCCc2c(NCCc4ccccn4)n[nH]c2-3)C(=O)O1. The van der Waals surface area contributed by atoms with Crippen LogP contribution in [0.25, 0.3) is 11.3 Å². The van der Waals surface area contributed by atoms with Crippen LogP contribution in [-0.2, 0) is 28.8 Å². The van der Waals surface area contributed by atoms with Crippen molar-refractivity contribution in [1.82, 2.24) is 20.5 Å². The number of amides is 2. The molecular formula is C25H28N6O3. The Morgan fingerprint density at radius 2 is 2.18 bits per heavy atom. The van der Waals surface area contributed by atoms with Crippen LogP contribution in [0.1, 0.15) is 30.2 Å². The summed E-state index contributed by atoms with van der Waals surface area (Å²) in [5.41, 5.74) is 6.39. The van der Waals surface area contributed by atoms with Gasteiger partial charge in [0, 0.05) is 48.6 Å². The number of H-pyrrole nitrogens is 1. The van der Waals surface area contributed by atoms with E-state index in [2.05, 4.69) is 37.9 Å². The Hall–Kier alpha value is -3.88. The van der Waals surface area contributed by atoms with Crippen LogP contribution in [0.5, 0.6) is 0 Å². The Balaban J connectivity index is 1.30. The fourth-order valence-electron chi connectivity index (χ4n) is 4.58. The fraction of sp³-hybridized carbons (Fsp3) is 0.360. The van der Waals surface area contributed by atoms with Gasteiger partial charge in [0.05, 0.1) is 18.8 Å². The molecule has 1 aliphatic heterocycles. The summed E-state index contributed by atoms with van der Waals surface area (Å²) in [5.74, 6) is 0.757. The topological polar surface area (TPSA) is 112 Å². The summed E-state index contributed by atoms with van der Waals surface area (Å²) in [6.07, 6.45) is 4.74. The number of anilines is 2. The van der Waals surface area contributed by atoms with Crippen molar-refractivity contribution in [3.8, 4) is 11.3 Å². The third-order valence-electron chi connectivity index (χ3n) is 6.26. The number of aromatic amines is 1. The minimum absolute atomic E-state index is 0.138. The molecule has 0 saturated carbocycles. The van der Waals surface area contributed by atoms with Crippen molar-refractivity contribution >= 4 is 23.5 Å². The summed E-state index contributed by atoms with van der Waals surface area (Å²) < 4.78 is 5.42. The number of benzene rings is 1. The molecule has 0 unspecified atom stereocenters. The molecule has 1 atom stereocenters. The molecule has 5 rings (SSSR count). The van der Waals surface area contributed by atoms with Gasteiger partial charge in [0.15, 0.2) is 5.82 Å². The van der Waals surface area contributed by atoms with Gasteiger partial charge in [0.2, 0.25) is 5.91 Å². The predicted molar refractivity (Wildman–Crippen MR) is 129 cm³/mol. The van der Waals surface area contributed by atoms with E-state index >= 15 is 0 Å².